The molecule has 0 aliphatic carbocycles. The van der Waals surface area contributed by atoms with E-state index in [9.17, 15) is 9.59 Å². The lowest BCUT2D eigenvalue weighted by Crippen LogP contribution is -2.44. The van der Waals surface area contributed by atoms with Crippen molar-refractivity contribution < 1.29 is 14.3 Å². The van der Waals surface area contributed by atoms with Crippen LogP contribution in [0.3, 0.4) is 0 Å². The molecule has 2 aliphatic heterocycles. The average Bonchev–Trinajstić information content (AvgIpc) is 2.97. The first kappa shape index (κ1) is 16.3. The second-order valence-corrected chi connectivity index (χ2v) is 6.49. The van der Waals surface area contributed by atoms with Crippen LogP contribution in [0.4, 0.5) is 0 Å². The quantitative estimate of drug-likeness (QED) is 0.840. The Morgan fingerprint density at radius 2 is 1.95 bits per heavy atom. The summed E-state index contributed by atoms with van der Waals surface area (Å²) in [7, 11) is 0. The van der Waals surface area contributed by atoms with Gasteiger partial charge >= 0.3 is 0 Å². The van der Waals surface area contributed by atoms with Gasteiger partial charge < -0.3 is 15.0 Å². The van der Waals surface area contributed by atoms with Crippen LogP contribution >= 0.6 is 0 Å². The molecule has 21 heavy (non-hydrogen) atoms. The van der Waals surface area contributed by atoms with Crippen LogP contribution < -0.4 is 5.32 Å². The highest BCUT2D eigenvalue weighted by Gasteiger charge is 2.28. The van der Waals surface area contributed by atoms with Crippen molar-refractivity contribution in [3.63, 3.8) is 0 Å². The van der Waals surface area contributed by atoms with Gasteiger partial charge in [0, 0.05) is 38.1 Å². The second kappa shape index (κ2) is 7.78. The number of rotatable bonds is 5. The molecular formula is C16H28N2O3. The molecule has 5 heteroatoms. The minimum absolute atomic E-state index is 0.0645. The Kier molecular flexibility index (Phi) is 6.03. The van der Waals surface area contributed by atoms with E-state index in [-0.39, 0.29) is 29.9 Å². The minimum atomic E-state index is 0.0645. The van der Waals surface area contributed by atoms with E-state index >= 15 is 0 Å². The van der Waals surface area contributed by atoms with Crippen molar-refractivity contribution in [2.24, 2.45) is 5.92 Å². The van der Waals surface area contributed by atoms with Crippen molar-refractivity contribution in [3.8, 4) is 0 Å². The topological polar surface area (TPSA) is 58.6 Å². The van der Waals surface area contributed by atoms with Gasteiger partial charge in [-0.15, -0.1) is 0 Å². The first-order chi connectivity index (χ1) is 10.1. The van der Waals surface area contributed by atoms with Gasteiger partial charge in [0.15, 0.2) is 0 Å². The van der Waals surface area contributed by atoms with Crippen LogP contribution in [-0.4, -0.2) is 48.6 Å². The Morgan fingerprint density at radius 1 is 1.24 bits per heavy atom. The number of hydrogen-bond donors (Lipinski definition) is 1. The van der Waals surface area contributed by atoms with Gasteiger partial charge in [-0.25, -0.2) is 0 Å². The lowest BCUT2D eigenvalue weighted by atomic mass is 9.95. The van der Waals surface area contributed by atoms with Crippen molar-refractivity contribution in [1.82, 2.24) is 10.2 Å². The van der Waals surface area contributed by atoms with Crippen LogP contribution in [-0.2, 0) is 14.3 Å². The van der Waals surface area contributed by atoms with Crippen LogP contribution in [0.5, 0.6) is 0 Å². The summed E-state index contributed by atoms with van der Waals surface area (Å²) in [4.78, 5) is 26.0. The standard InChI is InChI=1S/C16H28N2O3/c1-12(2)17-16(20)13-7-9-18(10-8-13)15(19)6-5-14-4-3-11-21-14/h12-14H,3-11H2,1-2H3,(H,17,20)/t14-/m0/s1. The Labute approximate surface area is 127 Å². The van der Waals surface area contributed by atoms with Crippen LogP contribution in [0, 0.1) is 5.92 Å². The summed E-state index contributed by atoms with van der Waals surface area (Å²) < 4.78 is 5.55. The summed E-state index contributed by atoms with van der Waals surface area (Å²) in [6, 6.07) is 0.184. The van der Waals surface area contributed by atoms with Gasteiger partial charge in [0.1, 0.15) is 0 Å². The SMILES string of the molecule is CC(C)NC(=O)C1CCN(C(=O)CC[C@@H]2CCCO2)CC1. The van der Waals surface area contributed by atoms with Gasteiger partial charge in [-0.05, 0) is 46.0 Å². The van der Waals surface area contributed by atoms with E-state index in [1.807, 2.05) is 18.7 Å². The predicted molar refractivity (Wildman–Crippen MR) is 80.8 cm³/mol. The summed E-state index contributed by atoms with van der Waals surface area (Å²) in [5.41, 5.74) is 0. The van der Waals surface area contributed by atoms with Crippen molar-refractivity contribution in [3.05, 3.63) is 0 Å². The van der Waals surface area contributed by atoms with E-state index in [2.05, 4.69) is 5.32 Å². The molecule has 1 atom stereocenters. The maximum atomic E-state index is 12.2. The molecule has 0 spiro atoms. The van der Waals surface area contributed by atoms with E-state index in [0.717, 1.165) is 38.7 Å². The number of likely N-dealkylation sites (tertiary alicyclic amines) is 1. The third-order valence-corrected chi connectivity index (χ3v) is 4.35. The highest BCUT2D eigenvalue weighted by molar-refractivity contribution is 5.80. The van der Waals surface area contributed by atoms with Gasteiger partial charge in [-0.3, -0.25) is 9.59 Å². The molecule has 2 fully saturated rings. The number of ether oxygens (including phenoxy) is 1. The first-order valence-corrected chi connectivity index (χ1v) is 8.26. The van der Waals surface area contributed by atoms with Gasteiger partial charge in [-0.2, -0.15) is 0 Å². The molecule has 0 aromatic rings. The monoisotopic (exact) mass is 296 g/mol. The zero-order valence-electron chi connectivity index (χ0n) is 13.3. The lowest BCUT2D eigenvalue weighted by molar-refractivity contribution is -0.136. The predicted octanol–water partition coefficient (Wildman–Crippen LogP) is 1.71. The fraction of sp³-hybridized carbons (Fsp3) is 0.875. The summed E-state index contributed by atoms with van der Waals surface area (Å²) in [6.07, 6.45) is 5.47. The molecule has 2 heterocycles. The average molecular weight is 296 g/mol. The number of nitrogens with one attached hydrogen (secondary N) is 1. The van der Waals surface area contributed by atoms with Gasteiger partial charge in [-0.1, -0.05) is 0 Å². The highest BCUT2D eigenvalue weighted by atomic mass is 16.5. The van der Waals surface area contributed by atoms with Gasteiger partial charge in [0.05, 0.1) is 6.10 Å². The van der Waals surface area contributed by atoms with Gasteiger partial charge in [0.25, 0.3) is 0 Å². The van der Waals surface area contributed by atoms with Crippen molar-refractivity contribution >= 4 is 11.8 Å². The fourth-order valence-electron chi connectivity index (χ4n) is 3.11. The molecule has 120 valence electrons. The molecule has 5 nitrogen and oxygen atoms in total. The van der Waals surface area contributed by atoms with Crippen LogP contribution in [0.1, 0.15) is 52.4 Å². The lowest BCUT2D eigenvalue weighted by Gasteiger charge is -2.32. The normalized spacial score (nSPS) is 23.6. The molecule has 2 saturated heterocycles. The number of amides is 2. The highest BCUT2D eigenvalue weighted by Crippen LogP contribution is 2.21. The largest absolute Gasteiger partial charge is 0.378 e. The molecule has 2 aliphatic rings. The summed E-state index contributed by atoms with van der Waals surface area (Å²) in [5, 5.41) is 2.96. The molecular weight excluding hydrogens is 268 g/mol. The first-order valence-electron chi connectivity index (χ1n) is 8.26. The van der Waals surface area contributed by atoms with Gasteiger partial charge in [0.2, 0.25) is 11.8 Å². The third kappa shape index (κ3) is 4.99. The molecule has 1 N–H and O–H groups in total. The third-order valence-electron chi connectivity index (χ3n) is 4.35. The second-order valence-electron chi connectivity index (χ2n) is 6.49. The Balaban J connectivity index is 1.67. The molecule has 0 unspecified atom stereocenters. The number of piperidine rings is 1. The number of nitrogens with zero attached hydrogens (tertiary/aromatic N) is 1. The zero-order chi connectivity index (χ0) is 15.2. The Bertz CT molecular complexity index is 357. The minimum Gasteiger partial charge on any atom is -0.378 e. The molecule has 2 rings (SSSR count). The molecule has 0 aromatic carbocycles. The fourth-order valence-corrected chi connectivity index (χ4v) is 3.11. The van der Waals surface area contributed by atoms with E-state index in [1.165, 1.54) is 0 Å². The van der Waals surface area contributed by atoms with Crippen molar-refractivity contribution in [2.75, 3.05) is 19.7 Å². The van der Waals surface area contributed by atoms with Crippen LogP contribution in [0.25, 0.3) is 0 Å². The van der Waals surface area contributed by atoms with Crippen LogP contribution in [0.15, 0.2) is 0 Å². The van der Waals surface area contributed by atoms with E-state index in [4.69, 9.17) is 4.74 Å². The Morgan fingerprint density at radius 3 is 2.52 bits per heavy atom. The molecule has 0 saturated carbocycles. The molecule has 0 aromatic heterocycles. The maximum Gasteiger partial charge on any atom is 0.223 e. The Hall–Kier alpha value is -1.10. The summed E-state index contributed by atoms with van der Waals surface area (Å²) >= 11 is 0. The molecule has 0 radical (unpaired) electrons. The summed E-state index contributed by atoms with van der Waals surface area (Å²) in [5.74, 6) is 0.416. The van der Waals surface area contributed by atoms with Crippen LogP contribution in [0.2, 0.25) is 0 Å². The van der Waals surface area contributed by atoms with E-state index in [0.29, 0.717) is 19.5 Å². The van der Waals surface area contributed by atoms with E-state index < -0.39 is 0 Å². The number of carbonyl (C=O) groups excluding carboxylic acids is 2. The molecule has 0 bridgehead atoms. The maximum absolute atomic E-state index is 12.2. The van der Waals surface area contributed by atoms with Crippen molar-refractivity contribution in [1.29, 1.82) is 0 Å². The summed E-state index contributed by atoms with van der Waals surface area (Å²) in [6.45, 7) is 6.21. The van der Waals surface area contributed by atoms with Crippen molar-refractivity contribution in [2.45, 2.75) is 64.5 Å². The number of carbonyl (C=O) groups is 2. The smallest absolute Gasteiger partial charge is 0.223 e. The zero-order valence-corrected chi connectivity index (χ0v) is 13.3. The van der Waals surface area contributed by atoms with E-state index in [1.54, 1.807) is 0 Å². The molecule has 2 amide bonds. The number of hydrogen-bond acceptors (Lipinski definition) is 3.